The van der Waals surface area contributed by atoms with Crippen molar-refractivity contribution in [1.29, 1.82) is 0 Å². The van der Waals surface area contributed by atoms with Crippen molar-refractivity contribution < 1.29 is 9.53 Å². The number of carbonyl (C=O) groups is 1. The zero-order chi connectivity index (χ0) is 17.1. The van der Waals surface area contributed by atoms with Crippen LogP contribution in [0.2, 0.25) is 0 Å². The molecule has 3 heterocycles. The Morgan fingerprint density at radius 2 is 2.12 bits per heavy atom. The van der Waals surface area contributed by atoms with Crippen molar-refractivity contribution in [2.24, 2.45) is 0 Å². The number of nitrogens with zero attached hydrogens (tertiary/aromatic N) is 2. The van der Waals surface area contributed by atoms with Crippen LogP contribution in [-0.2, 0) is 0 Å². The molecule has 25 heavy (non-hydrogen) atoms. The lowest BCUT2D eigenvalue weighted by atomic mass is 10.0. The van der Waals surface area contributed by atoms with Crippen LogP contribution in [0.3, 0.4) is 0 Å². The van der Waals surface area contributed by atoms with E-state index in [4.69, 9.17) is 4.74 Å². The van der Waals surface area contributed by atoms with Crippen LogP contribution in [0.25, 0.3) is 11.3 Å². The molecule has 3 aromatic rings. The molecule has 0 saturated carbocycles. The van der Waals surface area contributed by atoms with Crippen molar-refractivity contribution in [3.8, 4) is 17.0 Å². The third-order valence-electron chi connectivity index (χ3n) is 4.33. The van der Waals surface area contributed by atoms with Gasteiger partial charge in [0.1, 0.15) is 5.75 Å². The van der Waals surface area contributed by atoms with Gasteiger partial charge in [-0.05, 0) is 31.0 Å². The normalized spacial score (nSPS) is 16.4. The summed E-state index contributed by atoms with van der Waals surface area (Å²) in [6, 6.07) is 11.5. The van der Waals surface area contributed by atoms with Gasteiger partial charge in [-0.25, -0.2) is 0 Å². The number of benzene rings is 1. The minimum atomic E-state index is -0.158. The van der Waals surface area contributed by atoms with E-state index in [0.717, 1.165) is 29.7 Å². The van der Waals surface area contributed by atoms with E-state index < -0.39 is 0 Å². The number of aromatic amines is 1. The molecule has 2 aromatic heterocycles. The van der Waals surface area contributed by atoms with E-state index in [1.54, 1.807) is 18.6 Å². The van der Waals surface area contributed by atoms with Crippen molar-refractivity contribution >= 4 is 5.91 Å². The monoisotopic (exact) mass is 334 g/mol. The zero-order valence-electron chi connectivity index (χ0n) is 13.6. The minimum absolute atomic E-state index is 0.0807. The fourth-order valence-corrected chi connectivity index (χ4v) is 3.10. The molecule has 1 aliphatic heterocycles. The second-order valence-corrected chi connectivity index (χ2v) is 5.95. The Morgan fingerprint density at radius 1 is 1.20 bits per heavy atom. The molecule has 126 valence electrons. The number of H-pyrrole nitrogens is 1. The molecule has 0 fully saturated rings. The van der Waals surface area contributed by atoms with E-state index in [-0.39, 0.29) is 11.9 Å². The average molecular weight is 334 g/mol. The standard InChI is InChI=1S/C19H18N4O2/c24-19(15-12-21-23-18(15)13-5-3-9-20-11-13)22-16-7-4-10-25-17-8-2-1-6-14(16)17/h1-3,5-6,8-9,11-12,16H,4,7,10H2,(H,21,23)(H,22,24)/t16-/m1/s1. The number of pyridine rings is 1. The SMILES string of the molecule is O=C(N[C@@H]1CCCOc2ccccc21)c1cn[nH]c1-c1cccnc1. The summed E-state index contributed by atoms with van der Waals surface area (Å²) < 4.78 is 5.77. The molecule has 1 atom stereocenters. The number of hydrogen-bond donors (Lipinski definition) is 2. The Morgan fingerprint density at radius 3 is 3.00 bits per heavy atom. The summed E-state index contributed by atoms with van der Waals surface area (Å²) in [6.07, 6.45) is 6.68. The van der Waals surface area contributed by atoms with Crippen LogP contribution in [0.4, 0.5) is 0 Å². The fourth-order valence-electron chi connectivity index (χ4n) is 3.10. The second kappa shape index (κ2) is 6.76. The quantitative estimate of drug-likeness (QED) is 0.771. The van der Waals surface area contributed by atoms with E-state index in [9.17, 15) is 4.79 Å². The largest absolute Gasteiger partial charge is 0.493 e. The number of amides is 1. The van der Waals surface area contributed by atoms with Gasteiger partial charge < -0.3 is 10.1 Å². The third kappa shape index (κ3) is 3.10. The van der Waals surface area contributed by atoms with Gasteiger partial charge in [-0.3, -0.25) is 14.9 Å². The van der Waals surface area contributed by atoms with Crippen LogP contribution in [0.1, 0.15) is 34.8 Å². The molecule has 1 amide bonds. The lowest BCUT2D eigenvalue weighted by Crippen LogP contribution is -2.28. The summed E-state index contributed by atoms with van der Waals surface area (Å²) in [6.45, 7) is 0.663. The van der Waals surface area contributed by atoms with Crippen molar-refractivity contribution in [1.82, 2.24) is 20.5 Å². The molecular formula is C19H18N4O2. The molecule has 4 rings (SSSR count). The number of ether oxygens (including phenoxy) is 1. The van der Waals surface area contributed by atoms with Crippen LogP contribution in [0.15, 0.2) is 55.0 Å². The van der Waals surface area contributed by atoms with Crippen LogP contribution >= 0.6 is 0 Å². The van der Waals surface area contributed by atoms with E-state index in [2.05, 4.69) is 20.5 Å². The average Bonchev–Trinajstić information content (AvgIpc) is 3.07. The van der Waals surface area contributed by atoms with Crippen molar-refractivity contribution in [3.05, 3.63) is 66.1 Å². The first-order chi connectivity index (χ1) is 12.3. The van der Waals surface area contributed by atoms with E-state index in [1.165, 1.54) is 0 Å². The lowest BCUT2D eigenvalue weighted by Gasteiger charge is -2.18. The molecule has 2 N–H and O–H groups in total. The molecule has 0 unspecified atom stereocenters. The number of rotatable bonds is 3. The molecule has 1 aliphatic rings. The van der Waals surface area contributed by atoms with Gasteiger partial charge in [0.25, 0.3) is 5.91 Å². The van der Waals surface area contributed by atoms with E-state index >= 15 is 0 Å². The molecule has 0 bridgehead atoms. The van der Waals surface area contributed by atoms with Gasteiger partial charge >= 0.3 is 0 Å². The molecule has 6 heteroatoms. The second-order valence-electron chi connectivity index (χ2n) is 5.95. The Balaban J connectivity index is 1.61. The summed E-state index contributed by atoms with van der Waals surface area (Å²) in [4.78, 5) is 17.0. The molecule has 0 saturated heterocycles. The van der Waals surface area contributed by atoms with Crippen molar-refractivity contribution in [3.63, 3.8) is 0 Å². The summed E-state index contributed by atoms with van der Waals surface area (Å²) in [5.41, 5.74) is 3.02. The van der Waals surface area contributed by atoms with Gasteiger partial charge in [-0.15, -0.1) is 0 Å². The fraction of sp³-hybridized carbons (Fsp3) is 0.211. The molecule has 0 radical (unpaired) electrons. The topological polar surface area (TPSA) is 79.9 Å². The molecule has 6 nitrogen and oxygen atoms in total. The maximum Gasteiger partial charge on any atom is 0.255 e. The number of aromatic nitrogens is 3. The smallest absolute Gasteiger partial charge is 0.255 e. The summed E-state index contributed by atoms with van der Waals surface area (Å²) in [5.74, 6) is 0.680. The Kier molecular flexibility index (Phi) is 4.16. The van der Waals surface area contributed by atoms with E-state index in [1.807, 2.05) is 36.4 Å². The lowest BCUT2D eigenvalue weighted by molar-refractivity contribution is 0.0935. The highest BCUT2D eigenvalue weighted by atomic mass is 16.5. The Bertz CT molecular complexity index is 876. The van der Waals surface area contributed by atoms with Gasteiger partial charge in [-0.2, -0.15) is 5.10 Å². The first kappa shape index (κ1) is 15.4. The third-order valence-corrected chi connectivity index (χ3v) is 4.33. The van der Waals surface area contributed by atoms with Crippen LogP contribution < -0.4 is 10.1 Å². The van der Waals surface area contributed by atoms with Gasteiger partial charge in [0.05, 0.1) is 30.1 Å². The number of fused-ring (bicyclic) bond motifs is 1. The van der Waals surface area contributed by atoms with Crippen molar-refractivity contribution in [2.75, 3.05) is 6.61 Å². The number of para-hydroxylation sites is 1. The van der Waals surface area contributed by atoms with Crippen molar-refractivity contribution in [2.45, 2.75) is 18.9 Å². The summed E-state index contributed by atoms with van der Waals surface area (Å²) in [7, 11) is 0. The molecule has 1 aromatic carbocycles. The van der Waals surface area contributed by atoms with Crippen LogP contribution in [0, 0.1) is 0 Å². The highest BCUT2D eigenvalue weighted by Gasteiger charge is 2.23. The number of nitrogens with one attached hydrogen (secondary N) is 2. The predicted molar refractivity (Wildman–Crippen MR) is 93.2 cm³/mol. The molecular weight excluding hydrogens is 316 g/mol. The van der Waals surface area contributed by atoms with Gasteiger partial charge in [0, 0.05) is 23.5 Å². The summed E-state index contributed by atoms with van der Waals surface area (Å²) in [5, 5.41) is 10.1. The maximum absolute atomic E-state index is 12.9. The van der Waals surface area contributed by atoms with E-state index in [0.29, 0.717) is 17.9 Å². The maximum atomic E-state index is 12.9. The van der Waals surface area contributed by atoms with Gasteiger partial charge in [0.15, 0.2) is 0 Å². The Hall–Kier alpha value is -3.15. The first-order valence-corrected chi connectivity index (χ1v) is 8.29. The van der Waals surface area contributed by atoms with Gasteiger partial charge in [0.2, 0.25) is 0 Å². The number of hydrogen-bond acceptors (Lipinski definition) is 4. The van der Waals surface area contributed by atoms with Crippen LogP contribution in [-0.4, -0.2) is 27.7 Å². The minimum Gasteiger partial charge on any atom is -0.493 e. The van der Waals surface area contributed by atoms with Gasteiger partial charge in [-0.1, -0.05) is 18.2 Å². The highest BCUT2D eigenvalue weighted by Crippen LogP contribution is 2.31. The first-order valence-electron chi connectivity index (χ1n) is 8.29. The number of carbonyl (C=O) groups excluding carboxylic acids is 1. The molecule has 0 aliphatic carbocycles. The zero-order valence-corrected chi connectivity index (χ0v) is 13.6. The van der Waals surface area contributed by atoms with Crippen LogP contribution in [0.5, 0.6) is 5.75 Å². The highest BCUT2D eigenvalue weighted by molar-refractivity contribution is 5.99. The summed E-state index contributed by atoms with van der Waals surface area (Å²) >= 11 is 0. The Labute approximate surface area is 145 Å². The molecule has 0 spiro atoms. The predicted octanol–water partition coefficient (Wildman–Crippen LogP) is 3.12.